The number of hydrogen-bond donors (Lipinski definition) is 1. The molecular formula is C15H20ClN3O2. The lowest BCUT2D eigenvalue weighted by atomic mass is 10.0. The Morgan fingerprint density at radius 1 is 1.29 bits per heavy atom. The van der Waals surface area contributed by atoms with Crippen molar-refractivity contribution in [2.45, 2.75) is 31.7 Å². The van der Waals surface area contributed by atoms with Crippen LogP contribution in [0.4, 0.5) is 0 Å². The van der Waals surface area contributed by atoms with Crippen LogP contribution in [-0.2, 0) is 4.79 Å². The lowest BCUT2D eigenvalue weighted by molar-refractivity contribution is -0.122. The molecule has 0 aliphatic carbocycles. The number of pyridine rings is 1. The van der Waals surface area contributed by atoms with Crippen molar-refractivity contribution in [1.82, 2.24) is 15.2 Å². The van der Waals surface area contributed by atoms with Gasteiger partial charge in [-0.15, -0.1) is 11.6 Å². The Labute approximate surface area is 129 Å². The minimum atomic E-state index is 0.0318. The van der Waals surface area contributed by atoms with Crippen molar-refractivity contribution in [3.8, 4) is 0 Å². The van der Waals surface area contributed by atoms with Crippen LogP contribution >= 0.6 is 11.6 Å². The Morgan fingerprint density at radius 3 is 2.57 bits per heavy atom. The van der Waals surface area contributed by atoms with Crippen LogP contribution in [0.5, 0.6) is 0 Å². The molecule has 21 heavy (non-hydrogen) atoms. The molecule has 1 aromatic heterocycles. The molecule has 1 saturated heterocycles. The third-order valence-electron chi connectivity index (χ3n) is 3.61. The average molecular weight is 310 g/mol. The van der Waals surface area contributed by atoms with E-state index in [-0.39, 0.29) is 17.9 Å². The number of carbonyl (C=O) groups is 2. The molecule has 0 radical (unpaired) electrons. The zero-order valence-electron chi connectivity index (χ0n) is 11.9. The quantitative estimate of drug-likeness (QED) is 0.844. The number of hydrogen-bond acceptors (Lipinski definition) is 3. The highest BCUT2D eigenvalue weighted by atomic mass is 35.5. The zero-order valence-corrected chi connectivity index (χ0v) is 12.7. The van der Waals surface area contributed by atoms with Gasteiger partial charge in [0.15, 0.2) is 0 Å². The van der Waals surface area contributed by atoms with Gasteiger partial charge in [0.1, 0.15) is 0 Å². The number of likely N-dealkylation sites (tertiary alicyclic amines) is 1. The highest BCUT2D eigenvalue weighted by Crippen LogP contribution is 2.14. The van der Waals surface area contributed by atoms with E-state index in [9.17, 15) is 9.59 Å². The number of halogens is 1. The zero-order chi connectivity index (χ0) is 15.1. The molecule has 2 amide bonds. The second-order valence-corrected chi connectivity index (χ2v) is 5.54. The summed E-state index contributed by atoms with van der Waals surface area (Å²) in [5.41, 5.74) is 0.662. The van der Waals surface area contributed by atoms with E-state index in [1.165, 1.54) is 0 Å². The molecule has 2 heterocycles. The molecular weight excluding hydrogens is 290 g/mol. The van der Waals surface area contributed by atoms with Gasteiger partial charge < -0.3 is 10.2 Å². The fraction of sp³-hybridized carbons (Fsp3) is 0.533. The van der Waals surface area contributed by atoms with Gasteiger partial charge in [0.05, 0.1) is 0 Å². The van der Waals surface area contributed by atoms with Crippen LogP contribution in [0, 0.1) is 0 Å². The normalized spacial score (nSPS) is 15.8. The number of amides is 2. The first kappa shape index (κ1) is 15.8. The van der Waals surface area contributed by atoms with Gasteiger partial charge in [0, 0.05) is 49.4 Å². The summed E-state index contributed by atoms with van der Waals surface area (Å²) >= 11 is 5.57. The van der Waals surface area contributed by atoms with Gasteiger partial charge in [-0.25, -0.2) is 0 Å². The molecule has 0 atom stereocenters. The van der Waals surface area contributed by atoms with Crippen LogP contribution in [0.15, 0.2) is 24.5 Å². The third kappa shape index (κ3) is 4.70. The summed E-state index contributed by atoms with van der Waals surface area (Å²) in [5, 5.41) is 3.01. The summed E-state index contributed by atoms with van der Waals surface area (Å²) in [5.74, 6) is 0.589. The summed E-state index contributed by atoms with van der Waals surface area (Å²) < 4.78 is 0. The van der Waals surface area contributed by atoms with Gasteiger partial charge in [-0.2, -0.15) is 0 Å². The Kier molecular flexibility index (Phi) is 5.99. The smallest absolute Gasteiger partial charge is 0.253 e. The predicted octanol–water partition coefficient (Wildman–Crippen LogP) is 1.82. The monoisotopic (exact) mass is 309 g/mol. The number of nitrogens with zero attached hydrogens (tertiary/aromatic N) is 2. The van der Waals surface area contributed by atoms with Gasteiger partial charge in [-0.3, -0.25) is 14.6 Å². The Balaban J connectivity index is 1.78. The van der Waals surface area contributed by atoms with Crippen LogP contribution in [0.2, 0.25) is 0 Å². The van der Waals surface area contributed by atoms with E-state index in [0.717, 1.165) is 12.8 Å². The van der Waals surface area contributed by atoms with Crippen LogP contribution in [0.3, 0.4) is 0 Å². The van der Waals surface area contributed by atoms with E-state index < -0.39 is 0 Å². The Morgan fingerprint density at radius 2 is 1.95 bits per heavy atom. The molecule has 1 aromatic rings. The molecule has 1 aliphatic heterocycles. The molecule has 1 N–H and O–H groups in total. The number of nitrogens with one attached hydrogen (secondary N) is 1. The van der Waals surface area contributed by atoms with E-state index in [1.54, 1.807) is 24.5 Å². The summed E-state index contributed by atoms with van der Waals surface area (Å²) in [6.45, 7) is 1.34. The fourth-order valence-electron chi connectivity index (χ4n) is 2.43. The van der Waals surface area contributed by atoms with Crippen LogP contribution in [0.25, 0.3) is 0 Å². The van der Waals surface area contributed by atoms with Crippen molar-refractivity contribution in [1.29, 1.82) is 0 Å². The van der Waals surface area contributed by atoms with Crippen molar-refractivity contribution in [2.75, 3.05) is 19.0 Å². The number of piperidine rings is 1. The Bertz CT molecular complexity index is 473. The molecule has 114 valence electrons. The van der Waals surface area contributed by atoms with Gasteiger partial charge in [0.25, 0.3) is 5.91 Å². The third-order valence-corrected chi connectivity index (χ3v) is 3.88. The van der Waals surface area contributed by atoms with Crippen molar-refractivity contribution >= 4 is 23.4 Å². The minimum absolute atomic E-state index is 0.0318. The lowest BCUT2D eigenvalue weighted by Gasteiger charge is -2.32. The van der Waals surface area contributed by atoms with Gasteiger partial charge in [-0.1, -0.05) is 0 Å². The first-order chi connectivity index (χ1) is 10.2. The molecule has 0 spiro atoms. The van der Waals surface area contributed by atoms with Crippen LogP contribution in [0.1, 0.15) is 36.0 Å². The highest BCUT2D eigenvalue weighted by molar-refractivity contribution is 6.17. The number of carbonyl (C=O) groups excluding carboxylic acids is 2. The second kappa shape index (κ2) is 7.98. The molecule has 1 fully saturated rings. The standard InChI is InChI=1S/C15H20ClN3O2/c16-7-1-2-14(20)18-13-5-10-19(11-6-13)15(21)12-3-8-17-9-4-12/h3-4,8-9,13H,1-2,5-7,10-11H2,(H,18,20). The molecule has 0 unspecified atom stereocenters. The van der Waals surface area contributed by atoms with Crippen molar-refractivity contribution in [3.05, 3.63) is 30.1 Å². The molecule has 0 saturated carbocycles. The van der Waals surface area contributed by atoms with Gasteiger partial charge in [0.2, 0.25) is 5.91 Å². The van der Waals surface area contributed by atoms with E-state index in [2.05, 4.69) is 10.3 Å². The van der Waals surface area contributed by atoms with Crippen molar-refractivity contribution < 1.29 is 9.59 Å². The molecule has 0 aromatic carbocycles. The number of alkyl halides is 1. The van der Waals surface area contributed by atoms with Crippen molar-refractivity contribution in [3.63, 3.8) is 0 Å². The summed E-state index contributed by atoms with van der Waals surface area (Å²) in [4.78, 5) is 29.7. The summed E-state index contributed by atoms with van der Waals surface area (Å²) in [6.07, 6.45) is 6.01. The van der Waals surface area contributed by atoms with E-state index in [4.69, 9.17) is 11.6 Å². The molecule has 1 aliphatic rings. The Hall–Kier alpha value is -1.62. The molecule has 5 nitrogen and oxygen atoms in total. The first-order valence-corrected chi connectivity index (χ1v) is 7.79. The minimum Gasteiger partial charge on any atom is -0.353 e. The number of aromatic nitrogens is 1. The van der Waals surface area contributed by atoms with E-state index in [0.29, 0.717) is 37.4 Å². The fourth-order valence-corrected chi connectivity index (χ4v) is 2.56. The maximum Gasteiger partial charge on any atom is 0.253 e. The molecule has 6 heteroatoms. The lowest BCUT2D eigenvalue weighted by Crippen LogP contribution is -2.46. The van der Waals surface area contributed by atoms with Crippen LogP contribution in [-0.4, -0.2) is 46.7 Å². The molecule has 0 bridgehead atoms. The van der Waals surface area contributed by atoms with Gasteiger partial charge in [-0.05, 0) is 31.4 Å². The van der Waals surface area contributed by atoms with E-state index in [1.807, 2.05) is 4.90 Å². The molecule has 2 rings (SSSR count). The topological polar surface area (TPSA) is 62.3 Å². The van der Waals surface area contributed by atoms with Gasteiger partial charge >= 0.3 is 0 Å². The van der Waals surface area contributed by atoms with Crippen LogP contribution < -0.4 is 5.32 Å². The van der Waals surface area contributed by atoms with E-state index >= 15 is 0 Å². The SMILES string of the molecule is O=C(CCCCl)NC1CCN(C(=O)c2ccncc2)CC1. The maximum atomic E-state index is 12.3. The largest absolute Gasteiger partial charge is 0.353 e. The summed E-state index contributed by atoms with van der Waals surface area (Å²) in [6, 6.07) is 3.61. The number of rotatable bonds is 5. The maximum absolute atomic E-state index is 12.3. The summed E-state index contributed by atoms with van der Waals surface area (Å²) in [7, 11) is 0. The highest BCUT2D eigenvalue weighted by Gasteiger charge is 2.24. The predicted molar refractivity (Wildman–Crippen MR) is 81.3 cm³/mol. The average Bonchev–Trinajstić information content (AvgIpc) is 2.54. The van der Waals surface area contributed by atoms with Crippen molar-refractivity contribution in [2.24, 2.45) is 0 Å². The second-order valence-electron chi connectivity index (χ2n) is 5.16. The first-order valence-electron chi connectivity index (χ1n) is 7.25.